The molecule has 0 aliphatic rings. The quantitative estimate of drug-likeness (QED) is 0.326. The summed E-state index contributed by atoms with van der Waals surface area (Å²) in [5.41, 5.74) is 0. The minimum Gasteiger partial charge on any atom is -0.397 e. The SMILES string of the molecule is CCCCCCCCCCCCS(=O)(=O)O.CCO.CCO.N. The summed E-state index contributed by atoms with van der Waals surface area (Å²) in [6.07, 6.45) is 11.7. The van der Waals surface area contributed by atoms with Gasteiger partial charge in [0.1, 0.15) is 0 Å². The van der Waals surface area contributed by atoms with Crippen molar-refractivity contribution in [1.82, 2.24) is 6.15 Å². The van der Waals surface area contributed by atoms with Crippen LogP contribution in [0.3, 0.4) is 0 Å². The average Bonchev–Trinajstić information content (AvgIpc) is 2.41. The van der Waals surface area contributed by atoms with Crippen LogP contribution in [0.15, 0.2) is 0 Å². The van der Waals surface area contributed by atoms with Crippen LogP contribution in [-0.2, 0) is 10.1 Å². The monoisotopic (exact) mass is 359 g/mol. The number of hydrogen-bond acceptors (Lipinski definition) is 5. The third kappa shape index (κ3) is 52.2. The lowest BCUT2D eigenvalue weighted by Gasteiger charge is -2.01. The van der Waals surface area contributed by atoms with Crippen LogP contribution in [0.2, 0.25) is 0 Å². The second-order valence-electron chi connectivity index (χ2n) is 5.10. The Labute approximate surface area is 144 Å². The topological polar surface area (TPSA) is 130 Å². The van der Waals surface area contributed by atoms with Gasteiger partial charge in [-0.25, -0.2) is 0 Å². The number of aliphatic hydroxyl groups excluding tert-OH is 2. The third-order valence-corrected chi connectivity index (χ3v) is 3.56. The van der Waals surface area contributed by atoms with E-state index < -0.39 is 10.1 Å². The van der Waals surface area contributed by atoms with Crippen molar-refractivity contribution in [3.05, 3.63) is 0 Å². The lowest BCUT2D eigenvalue weighted by molar-refractivity contribution is 0.318. The summed E-state index contributed by atoms with van der Waals surface area (Å²) in [4.78, 5) is 0. The van der Waals surface area contributed by atoms with Crippen LogP contribution in [0.4, 0.5) is 0 Å². The minimum absolute atomic E-state index is 0. The van der Waals surface area contributed by atoms with Gasteiger partial charge in [0.05, 0.1) is 5.75 Å². The first-order chi connectivity index (χ1) is 10.4. The molecule has 0 rings (SSSR count). The number of aliphatic hydroxyl groups is 2. The Kier molecular flexibility index (Phi) is 35.5. The normalized spacial score (nSPS) is 9.83. The van der Waals surface area contributed by atoms with Crippen LogP contribution in [0.25, 0.3) is 0 Å². The van der Waals surface area contributed by atoms with Gasteiger partial charge in [-0.15, -0.1) is 0 Å². The van der Waals surface area contributed by atoms with E-state index in [0.29, 0.717) is 6.42 Å². The van der Waals surface area contributed by atoms with Crippen molar-refractivity contribution in [3.63, 3.8) is 0 Å². The van der Waals surface area contributed by atoms with Gasteiger partial charge in [0.25, 0.3) is 10.1 Å². The highest BCUT2D eigenvalue weighted by Gasteiger charge is 2.02. The van der Waals surface area contributed by atoms with Crippen LogP contribution < -0.4 is 6.15 Å². The molecule has 23 heavy (non-hydrogen) atoms. The molecule has 0 saturated carbocycles. The molecule has 0 aliphatic carbocycles. The summed E-state index contributed by atoms with van der Waals surface area (Å²) >= 11 is 0. The molecule has 0 saturated heterocycles. The van der Waals surface area contributed by atoms with Gasteiger partial charge < -0.3 is 16.4 Å². The molecule has 146 valence electrons. The Hall–Kier alpha value is -0.210. The maximum atomic E-state index is 10.4. The zero-order valence-corrected chi connectivity index (χ0v) is 16.3. The summed E-state index contributed by atoms with van der Waals surface area (Å²) < 4.78 is 29.4. The van der Waals surface area contributed by atoms with Gasteiger partial charge in [-0.05, 0) is 20.3 Å². The molecule has 0 spiro atoms. The van der Waals surface area contributed by atoms with Crippen molar-refractivity contribution in [2.75, 3.05) is 19.0 Å². The zero-order valence-electron chi connectivity index (χ0n) is 15.5. The molecule has 0 aromatic carbocycles. The standard InChI is InChI=1S/C12H26O3S.2C2H6O.H3N/c1-2-3-4-5-6-7-8-9-10-11-12-16(13,14)15;2*1-2-3;/h2-12H2,1H3,(H,13,14,15);2*3H,2H2,1H3;1H3. The van der Waals surface area contributed by atoms with Crippen LogP contribution in [0.5, 0.6) is 0 Å². The maximum absolute atomic E-state index is 10.4. The van der Waals surface area contributed by atoms with E-state index >= 15 is 0 Å². The molecule has 0 radical (unpaired) electrons. The van der Waals surface area contributed by atoms with Gasteiger partial charge in [-0.3, -0.25) is 4.55 Å². The molecule has 0 atom stereocenters. The molecule has 0 aromatic rings. The zero-order chi connectivity index (χ0) is 17.7. The summed E-state index contributed by atoms with van der Waals surface area (Å²) in [7, 11) is -3.73. The van der Waals surface area contributed by atoms with Gasteiger partial charge in [-0.2, -0.15) is 8.42 Å². The van der Waals surface area contributed by atoms with Crippen molar-refractivity contribution in [2.24, 2.45) is 0 Å². The van der Waals surface area contributed by atoms with E-state index in [-0.39, 0.29) is 25.1 Å². The van der Waals surface area contributed by atoms with Gasteiger partial charge in [-0.1, -0.05) is 64.7 Å². The Balaban J connectivity index is -0.000000223. The first-order valence-corrected chi connectivity index (χ1v) is 10.2. The van der Waals surface area contributed by atoms with Crippen LogP contribution in [0.1, 0.15) is 85.0 Å². The minimum atomic E-state index is -3.73. The van der Waals surface area contributed by atoms with Crippen molar-refractivity contribution in [1.29, 1.82) is 0 Å². The second kappa shape index (κ2) is 26.7. The lowest BCUT2D eigenvalue weighted by atomic mass is 10.1. The molecule has 0 bridgehead atoms. The van der Waals surface area contributed by atoms with Gasteiger partial charge in [0.2, 0.25) is 0 Å². The number of unbranched alkanes of at least 4 members (excludes halogenated alkanes) is 9. The van der Waals surface area contributed by atoms with E-state index in [0.717, 1.165) is 12.8 Å². The summed E-state index contributed by atoms with van der Waals surface area (Å²) in [6.45, 7) is 6.08. The fourth-order valence-corrected chi connectivity index (χ4v) is 2.34. The third-order valence-electron chi connectivity index (χ3n) is 2.76. The van der Waals surface area contributed by atoms with Crippen LogP contribution in [-0.4, -0.2) is 42.2 Å². The van der Waals surface area contributed by atoms with Crippen molar-refractivity contribution >= 4 is 10.1 Å². The Morgan fingerprint density at radius 1 is 0.652 bits per heavy atom. The first-order valence-electron chi connectivity index (χ1n) is 8.56. The van der Waals surface area contributed by atoms with Crippen molar-refractivity contribution in [2.45, 2.75) is 85.0 Å². The van der Waals surface area contributed by atoms with Crippen molar-refractivity contribution in [3.8, 4) is 0 Å². The van der Waals surface area contributed by atoms with Crippen molar-refractivity contribution < 1.29 is 23.2 Å². The smallest absolute Gasteiger partial charge is 0.264 e. The molecule has 0 amide bonds. The fraction of sp³-hybridized carbons (Fsp3) is 1.00. The van der Waals surface area contributed by atoms with E-state index in [1.165, 1.54) is 44.9 Å². The average molecular weight is 360 g/mol. The number of rotatable bonds is 11. The van der Waals surface area contributed by atoms with Crippen LogP contribution >= 0.6 is 0 Å². The number of hydrogen-bond donors (Lipinski definition) is 4. The van der Waals surface area contributed by atoms with Gasteiger partial charge in [0, 0.05) is 13.2 Å². The van der Waals surface area contributed by atoms with E-state index in [2.05, 4.69) is 6.92 Å². The molecule has 0 aliphatic heterocycles. The molecular weight excluding hydrogens is 318 g/mol. The van der Waals surface area contributed by atoms with E-state index in [4.69, 9.17) is 14.8 Å². The highest BCUT2D eigenvalue weighted by molar-refractivity contribution is 7.85. The summed E-state index contributed by atoms with van der Waals surface area (Å²) in [5, 5.41) is 15.1. The lowest BCUT2D eigenvalue weighted by Crippen LogP contribution is -2.03. The van der Waals surface area contributed by atoms with E-state index in [1.807, 2.05) is 0 Å². The largest absolute Gasteiger partial charge is 0.397 e. The predicted octanol–water partition coefficient (Wildman–Crippen LogP) is 3.95. The molecular formula is C16H41NO5S. The van der Waals surface area contributed by atoms with Gasteiger partial charge in [0.15, 0.2) is 0 Å². The predicted molar refractivity (Wildman–Crippen MR) is 98.8 cm³/mol. The molecule has 0 aromatic heterocycles. The van der Waals surface area contributed by atoms with Gasteiger partial charge >= 0.3 is 0 Å². The molecule has 0 heterocycles. The molecule has 6 nitrogen and oxygen atoms in total. The Morgan fingerprint density at radius 2 is 0.913 bits per heavy atom. The molecule has 0 fully saturated rings. The Bertz CT molecular complexity index is 270. The fourth-order valence-electron chi connectivity index (χ4n) is 1.77. The highest BCUT2D eigenvalue weighted by atomic mass is 32.2. The van der Waals surface area contributed by atoms with E-state index in [9.17, 15) is 8.42 Å². The maximum Gasteiger partial charge on any atom is 0.264 e. The summed E-state index contributed by atoms with van der Waals surface area (Å²) in [5.74, 6) is -0.0799. The van der Waals surface area contributed by atoms with E-state index in [1.54, 1.807) is 13.8 Å². The summed E-state index contributed by atoms with van der Waals surface area (Å²) in [6, 6.07) is 0. The Morgan fingerprint density at radius 3 is 1.17 bits per heavy atom. The molecule has 0 unspecified atom stereocenters. The van der Waals surface area contributed by atoms with Crippen LogP contribution in [0, 0.1) is 0 Å². The molecule has 6 N–H and O–H groups in total. The second-order valence-corrected chi connectivity index (χ2v) is 6.67. The molecule has 7 heteroatoms. The highest BCUT2D eigenvalue weighted by Crippen LogP contribution is 2.10. The first kappa shape index (κ1) is 30.6.